The van der Waals surface area contributed by atoms with E-state index >= 15 is 0 Å². The van der Waals surface area contributed by atoms with E-state index < -0.39 is 0 Å². The van der Waals surface area contributed by atoms with Crippen LogP contribution in [0.15, 0.2) is 42.5 Å². The molecule has 0 atom stereocenters. The number of fused-ring (bicyclic) bond motifs is 1. The molecule has 1 aliphatic heterocycles. The lowest BCUT2D eigenvalue weighted by Gasteiger charge is -2.25. The number of aromatic hydroxyl groups is 1. The Hall–Kier alpha value is -2.20. The molecular formula is C17H20N2O2. The predicted molar refractivity (Wildman–Crippen MR) is 83.9 cm³/mol. The first-order valence-electron chi connectivity index (χ1n) is 7.18. The molecule has 0 saturated heterocycles. The lowest BCUT2D eigenvalue weighted by Crippen LogP contribution is -2.28. The van der Waals surface area contributed by atoms with Crippen LogP contribution in [0.2, 0.25) is 0 Å². The highest BCUT2D eigenvalue weighted by atomic mass is 16.5. The summed E-state index contributed by atoms with van der Waals surface area (Å²) in [6, 6.07) is 14.0. The summed E-state index contributed by atoms with van der Waals surface area (Å²) in [7, 11) is 1.57. The fraction of sp³-hybridized carbons (Fsp3) is 0.294. The minimum absolute atomic E-state index is 0.231. The van der Waals surface area contributed by atoms with Crippen molar-refractivity contribution in [1.82, 2.24) is 5.32 Å². The second kappa shape index (κ2) is 6.06. The van der Waals surface area contributed by atoms with E-state index in [4.69, 9.17) is 4.74 Å². The van der Waals surface area contributed by atoms with Crippen LogP contribution in [0.4, 0.5) is 5.69 Å². The number of anilines is 1. The fourth-order valence-corrected chi connectivity index (χ4v) is 2.76. The molecule has 0 unspecified atom stereocenters. The monoisotopic (exact) mass is 284 g/mol. The van der Waals surface area contributed by atoms with Crippen LogP contribution in [-0.4, -0.2) is 25.3 Å². The van der Waals surface area contributed by atoms with E-state index in [0.717, 1.165) is 25.2 Å². The van der Waals surface area contributed by atoms with Gasteiger partial charge < -0.3 is 20.1 Å². The van der Waals surface area contributed by atoms with Crippen molar-refractivity contribution in [2.45, 2.75) is 13.1 Å². The summed E-state index contributed by atoms with van der Waals surface area (Å²) in [5.41, 5.74) is 3.40. The molecule has 110 valence electrons. The van der Waals surface area contributed by atoms with Crippen molar-refractivity contribution in [3.63, 3.8) is 0 Å². The van der Waals surface area contributed by atoms with Gasteiger partial charge in [-0.2, -0.15) is 0 Å². The summed E-state index contributed by atoms with van der Waals surface area (Å²) in [5, 5.41) is 13.7. The quantitative estimate of drug-likeness (QED) is 0.909. The van der Waals surface area contributed by atoms with Crippen molar-refractivity contribution >= 4 is 5.69 Å². The van der Waals surface area contributed by atoms with E-state index in [2.05, 4.69) is 34.5 Å². The highest BCUT2D eigenvalue weighted by Crippen LogP contribution is 2.32. The number of ether oxygens (including phenoxy) is 1. The molecule has 0 bridgehead atoms. The van der Waals surface area contributed by atoms with E-state index in [1.165, 1.54) is 11.3 Å². The van der Waals surface area contributed by atoms with Gasteiger partial charge >= 0.3 is 0 Å². The summed E-state index contributed by atoms with van der Waals surface area (Å²) in [5.74, 6) is 0.753. The molecule has 21 heavy (non-hydrogen) atoms. The Balaban J connectivity index is 1.91. The van der Waals surface area contributed by atoms with Crippen LogP contribution in [0.3, 0.4) is 0 Å². The Morgan fingerprint density at radius 2 is 2.05 bits per heavy atom. The van der Waals surface area contributed by atoms with Crippen LogP contribution in [0.5, 0.6) is 11.5 Å². The van der Waals surface area contributed by atoms with Crippen LogP contribution in [-0.2, 0) is 13.1 Å². The number of rotatable bonds is 3. The molecule has 0 aromatic heterocycles. The van der Waals surface area contributed by atoms with Crippen molar-refractivity contribution in [3.05, 3.63) is 53.6 Å². The molecule has 2 N–H and O–H groups in total. The van der Waals surface area contributed by atoms with Gasteiger partial charge in [0.1, 0.15) is 0 Å². The average Bonchev–Trinajstić information content (AvgIpc) is 2.72. The van der Waals surface area contributed by atoms with E-state index in [1.807, 2.05) is 12.1 Å². The van der Waals surface area contributed by atoms with Gasteiger partial charge in [-0.25, -0.2) is 0 Å². The molecule has 1 heterocycles. The number of benzene rings is 2. The molecule has 4 nitrogen and oxygen atoms in total. The van der Waals surface area contributed by atoms with Gasteiger partial charge in [-0.3, -0.25) is 0 Å². The first-order chi connectivity index (χ1) is 10.3. The smallest absolute Gasteiger partial charge is 0.162 e. The third kappa shape index (κ3) is 2.81. The highest BCUT2D eigenvalue weighted by molar-refractivity contribution is 5.56. The fourth-order valence-electron chi connectivity index (χ4n) is 2.76. The van der Waals surface area contributed by atoms with E-state index in [0.29, 0.717) is 12.3 Å². The lowest BCUT2D eigenvalue weighted by molar-refractivity contribution is 0.370. The maximum absolute atomic E-state index is 10.3. The zero-order chi connectivity index (χ0) is 14.7. The Labute approximate surface area is 125 Å². The van der Waals surface area contributed by atoms with E-state index in [1.54, 1.807) is 13.2 Å². The maximum atomic E-state index is 10.3. The third-order valence-corrected chi connectivity index (χ3v) is 3.87. The van der Waals surface area contributed by atoms with Gasteiger partial charge in [-0.15, -0.1) is 0 Å². The topological polar surface area (TPSA) is 44.7 Å². The number of para-hydroxylation sites is 2. The Morgan fingerprint density at radius 3 is 2.90 bits per heavy atom. The molecular weight excluding hydrogens is 264 g/mol. The second-order valence-corrected chi connectivity index (χ2v) is 5.20. The molecule has 2 aromatic rings. The van der Waals surface area contributed by atoms with Crippen LogP contribution in [0.25, 0.3) is 0 Å². The van der Waals surface area contributed by atoms with Gasteiger partial charge in [0, 0.05) is 37.4 Å². The average molecular weight is 284 g/mol. The zero-order valence-corrected chi connectivity index (χ0v) is 12.2. The summed E-state index contributed by atoms with van der Waals surface area (Å²) in [4.78, 5) is 2.30. The van der Waals surface area contributed by atoms with Crippen molar-refractivity contribution in [2.75, 3.05) is 25.1 Å². The first kappa shape index (κ1) is 13.8. The standard InChI is InChI=1S/C17H20N2O2/c1-21-16-8-4-6-14(17(16)20)12-19-10-9-18-11-13-5-2-3-7-15(13)19/h2-8,18,20H,9-12H2,1H3. The van der Waals surface area contributed by atoms with Gasteiger partial charge in [0.15, 0.2) is 11.5 Å². The molecule has 0 spiro atoms. The molecule has 3 rings (SSSR count). The SMILES string of the molecule is COc1cccc(CN2CCNCc3ccccc32)c1O. The summed E-state index contributed by atoms with van der Waals surface area (Å²) >= 11 is 0. The largest absolute Gasteiger partial charge is 0.504 e. The number of methoxy groups -OCH3 is 1. The molecule has 0 saturated carbocycles. The summed E-state index contributed by atoms with van der Waals surface area (Å²) in [6.07, 6.45) is 0. The van der Waals surface area contributed by atoms with Gasteiger partial charge in [0.25, 0.3) is 0 Å². The van der Waals surface area contributed by atoms with Crippen LogP contribution in [0.1, 0.15) is 11.1 Å². The Kier molecular flexibility index (Phi) is 3.97. The lowest BCUT2D eigenvalue weighted by atomic mass is 10.1. The van der Waals surface area contributed by atoms with Crippen LogP contribution < -0.4 is 15.0 Å². The number of hydrogen-bond acceptors (Lipinski definition) is 4. The Bertz CT molecular complexity index is 628. The number of nitrogens with one attached hydrogen (secondary N) is 1. The zero-order valence-electron chi connectivity index (χ0n) is 12.2. The third-order valence-electron chi connectivity index (χ3n) is 3.87. The molecule has 0 radical (unpaired) electrons. The van der Waals surface area contributed by atoms with Crippen molar-refractivity contribution in [1.29, 1.82) is 0 Å². The van der Waals surface area contributed by atoms with Gasteiger partial charge in [-0.05, 0) is 17.7 Å². The van der Waals surface area contributed by atoms with Gasteiger partial charge in [0.05, 0.1) is 7.11 Å². The number of phenols is 1. The Morgan fingerprint density at radius 1 is 1.19 bits per heavy atom. The van der Waals surface area contributed by atoms with Crippen LogP contribution in [0, 0.1) is 0 Å². The van der Waals surface area contributed by atoms with Gasteiger partial charge in [0.2, 0.25) is 0 Å². The predicted octanol–water partition coefficient (Wildman–Crippen LogP) is 2.51. The minimum Gasteiger partial charge on any atom is -0.504 e. The molecule has 0 amide bonds. The number of nitrogens with zero attached hydrogens (tertiary/aromatic N) is 1. The van der Waals surface area contributed by atoms with Crippen LogP contribution >= 0.6 is 0 Å². The van der Waals surface area contributed by atoms with Crippen molar-refractivity contribution in [3.8, 4) is 11.5 Å². The molecule has 0 aliphatic carbocycles. The van der Waals surface area contributed by atoms with E-state index in [-0.39, 0.29) is 5.75 Å². The van der Waals surface area contributed by atoms with E-state index in [9.17, 15) is 5.11 Å². The minimum atomic E-state index is 0.231. The summed E-state index contributed by atoms with van der Waals surface area (Å²) < 4.78 is 5.19. The molecule has 1 aliphatic rings. The van der Waals surface area contributed by atoms with Crippen molar-refractivity contribution in [2.24, 2.45) is 0 Å². The number of hydrogen-bond donors (Lipinski definition) is 2. The first-order valence-corrected chi connectivity index (χ1v) is 7.18. The molecule has 4 heteroatoms. The highest BCUT2D eigenvalue weighted by Gasteiger charge is 2.17. The molecule has 0 fully saturated rings. The van der Waals surface area contributed by atoms with Crippen molar-refractivity contribution < 1.29 is 9.84 Å². The molecule has 2 aromatic carbocycles. The summed E-state index contributed by atoms with van der Waals surface area (Å²) in [6.45, 7) is 3.39. The normalized spacial score (nSPS) is 14.4. The number of phenolic OH excluding ortho intramolecular Hbond substituents is 1. The van der Waals surface area contributed by atoms with Gasteiger partial charge in [-0.1, -0.05) is 30.3 Å². The second-order valence-electron chi connectivity index (χ2n) is 5.20. The maximum Gasteiger partial charge on any atom is 0.162 e.